The number of nitrogens with one attached hydrogen (secondary N) is 2. The number of carbonyl (C=O) groups is 2. The number of hydrogen-bond acceptors (Lipinski definition) is 9. The molecule has 0 bridgehead atoms. The Hall–Kier alpha value is -4.67. The van der Waals surface area contributed by atoms with E-state index in [0.29, 0.717) is 54.7 Å². The first-order valence-corrected chi connectivity index (χ1v) is 13.5. The number of aromatic nitrogens is 1. The fourth-order valence-electron chi connectivity index (χ4n) is 4.60. The highest BCUT2D eigenvalue weighted by Gasteiger charge is 2.29. The average molecular weight is 567 g/mol. The van der Waals surface area contributed by atoms with Gasteiger partial charge in [-0.3, -0.25) is 9.59 Å². The summed E-state index contributed by atoms with van der Waals surface area (Å²) in [5.41, 5.74) is 0.509. The van der Waals surface area contributed by atoms with Gasteiger partial charge in [0, 0.05) is 25.1 Å². The van der Waals surface area contributed by atoms with Crippen molar-refractivity contribution in [2.75, 3.05) is 33.2 Å². The van der Waals surface area contributed by atoms with E-state index >= 15 is 0 Å². The molecular formula is C30H34N2O9. The molecular weight excluding hydrogens is 532 g/mol. The quantitative estimate of drug-likeness (QED) is 0.264. The number of esters is 1. The van der Waals surface area contributed by atoms with Crippen molar-refractivity contribution in [3.8, 4) is 28.7 Å². The molecule has 11 heteroatoms. The van der Waals surface area contributed by atoms with E-state index in [4.69, 9.17) is 23.7 Å². The topological polar surface area (TPSA) is 145 Å². The maximum atomic E-state index is 13.2. The van der Waals surface area contributed by atoms with Crippen LogP contribution < -0.4 is 29.8 Å². The van der Waals surface area contributed by atoms with Crippen LogP contribution in [0.5, 0.6) is 28.7 Å². The molecule has 0 fully saturated rings. The van der Waals surface area contributed by atoms with Crippen LogP contribution in [0, 0.1) is 0 Å². The number of rotatable bonds is 13. The zero-order valence-electron chi connectivity index (χ0n) is 23.3. The number of ether oxygens (including phenoxy) is 5. The monoisotopic (exact) mass is 566 g/mol. The van der Waals surface area contributed by atoms with E-state index < -0.39 is 23.2 Å². The van der Waals surface area contributed by atoms with Crippen molar-refractivity contribution in [3.05, 3.63) is 75.2 Å². The van der Waals surface area contributed by atoms with Crippen LogP contribution in [-0.2, 0) is 16.0 Å². The minimum Gasteiger partial charge on any atom is -0.506 e. The van der Waals surface area contributed by atoms with E-state index in [9.17, 15) is 19.5 Å². The average Bonchev–Trinajstić information content (AvgIpc) is 3.42. The number of fused-ring (bicyclic) bond motifs is 1. The van der Waals surface area contributed by atoms with Crippen molar-refractivity contribution in [3.63, 3.8) is 0 Å². The number of hydrogen-bond donors (Lipinski definition) is 3. The van der Waals surface area contributed by atoms with Gasteiger partial charge >= 0.3 is 5.97 Å². The lowest BCUT2D eigenvalue weighted by atomic mass is 9.87. The van der Waals surface area contributed by atoms with Crippen molar-refractivity contribution in [1.82, 2.24) is 10.3 Å². The molecule has 41 heavy (non-hydrogen) atoms. The summed E-state index contributed by atoms with van der Waals surface area (Å²) in [5.74, 6) is -0.329. The van der Waals surface area contributed by atoms with Gasteiger partial charge in [-0.1, -0.05) is 12.1 Å². The highest BCUT2D eigenvalue weighted by atomic mass is 16.7. The lowest BCUT2D eigenvalue weighted by molar-refractivity contribution is -0.121. The smallest absolute Gasteiger partial charge is 0.343 e. The van der Waals surface area contributed by atoms with E-state index in [1.165, 1.54) is 0 Å². The summed E-state index contributed by atoms with van der Waals surface area (Å²) in [6.45, 7) is 6.88. The molecule has 11 nitrogen and oxygen atoms in total. The zero-order chi connectivity index (χ0) is 29.4. The molecule has 1 unspecified atom stereocenters. The van der Waals surface area contributed by atoms with Crippen LogP contribution in [0.3, 0.4) is 0 Å². The van der Waals surface area contributed by atoms with Gasteiger partial charge in [0.05, 0.1) is 25.4 Å². The van der Waals surface area contributed by atoms with Gasteiger partial charge in [0.25, 0.3) is 5.56 Å². The SMILES string of the molecule is CCOC(=O)c1c[nH]c(=O)c(C(CC(=O)NCCc2ccc(OCC)c(OCC)c2)c2ccc3c(c2)OCO3)c1O. The Morgan fingerprint density at radius 1 is 1.00 bits per heavy atom. The molecule has 1 atom stereocenters. The summed E-state index contributed by atoms with van der Waals surface area (Å²) in [6.07, 6.45) is 1.44. The summed E-state index contributed by atoms with van der Waals surface area (Å²) in [5, 5.41) is 13.9. The van der Waals surface area contributed by atoms with Crippen LogP contribution in [-0.4, -0.2) is 55.1 Å². The van der Waals surface area contributed by atoms with E-state index in [-0.39, 0.29) is 36.9 Å². The Labute approximate surface area is 237 Å². The van der Waals surface area contributed by atoms with Gasteiger partial charge in [0.2, 0.25) is 12.7 Å². The minimum atomic E-state index is -0.905. The predicted molar refractivity (Wildman–Crippen MR) is 149 cm³/mol. The standard InChI is InChI=1S/C30H34N2O9/c1-4-37-22-9-7-18(13-24(22)38-5-2)11-12-31-26(33)15-20(19-8-10-23-25(14-19)41-17-40-23)27-28(34)21(16-32-29(27)35)30(36)39-6-3/h7-10,13-14,16,20H,4-6,11-12,15,17H2,1-3H3,(H,31,33)(H2,32,34,35). The Morgan fingerprint density at radius 2 is 1.76 bits per heavy atom. The fourth-order valence-corrected chi connectivity index (χ4v) is 4.60. The van der Waals surface area contributed by atoms with Gasteiger partial charge in [-0.2, -0.15) is 0 Å². The zero-order valence-corrected chi connectivity index (χ0v) is 23.3. The number of benzene rings is 2. The van der Waals surface area contributed by atoms with Crippen LogP contribution in [0.25, 0.3) is 0 Å². The van der Waals surface area contributed by atoms with E-state index in [1.807, 2.05) is 32.0 Å². The highest BCUT2D eigenvalue weighted by Crippen LogP contribution is 2.39. The lowest BCUT2D eigenvalue weighted by Crippen LogP contribution is -2.29. The molecule has 218 valence electrons. The van der Waals surface area contributed by atoms with Crippen molar-refractivity contribution in [1.29, 1.82) is 0 Å². The van der Waals surface area contributed by atoms with Gasteiger partial charge in [-0.25, -0.2) is 4.79 Å². The maximum absolute atomic E-state index is 13.2. The molecule has 2 aromatic carbocycles. The first kappa shape index (κ1) is 29.3. The van der Waals surface area contributed by atoms with Crippen LogP contribution in [0.15, 0.2) is 47.4 Å². The number of amides is 1. The van der Waals surface area contributed by atoms with Crippen LogP contribution >= 0.6 is 0 Å². The van der Waals surface area contributed by atoms with E-state index in [2.05, 4.69) is 10.3 Å². The third kappa shape index (κ3) is 6.92. The number of aromatic hydroxyl groups is 1. The molecule has 0 radical (unpaired) electrons. The maximum Gasteiger partial charge on any atom is 0.343 e. The molecule has 3 aromatic rings. The first-order chi connectivity index (χ1) is 19.9. The van der Waals surface area contributed by atoms with Crippen LogP contribution in [0.4, 0.5) is 0 Å². The number of aromatic amines is 1. The van der Waals surface area contributed by atoms with Gasteiger partial charge in [-0.15, -0.1) is 0 Å². The molecule has 2 heterocycles. The Kier molecular flexibility index (Phi) is 9.73. The normalized spacial score (nSPS) is 12.5. The summed E-state index contributed by atoms with van der Waals surface area (Å²) in [7, 11) is 0. The van der Waals surface area contributed by atoms with Crippen molar-refractivity contribution in [2.45, 2.75) is 39.5 Å². The Morgan fingerprint density at radius 3 is 2.51 bits per heavy atom. The lowest BCUT2D eigenvalue weighted by Gasteiger charge is -2.19. The molecule has 1 aliphatic heterocycles. The largest absolute Gasteiger partial charge is 0.506 e. The second kappa shape index (κ2) is 13.6. The van der Waals surface area contributed by atoms with Crippen molar-refractivity contribution in [2.24, 2.45) is 0 Å². The molecule has 0 saturated heterocycles. The molecule has 1 aromatic heterocycles. The van der Waals surface area contributed by atoms with Crippen molar-refractivity contribution >= 4 is 11.9 Å². The summed E-state index contributed by atoms with van der Waals surface area (Å²) in [6, 6.07) is 10.7. The fraction of sp³-hybridized carbons (Fsp3) is 0.367. The van der Waals surface area contributed by atoms with Gasteiger partial charge in [-0.05, 0) is 62.6 Å². The Bertz CT molecular complexity index is 1450. The molecule has 1 amide bonds. The van der Waals surface area contributed by atoms with Crippen LogP contribution in [0.2, 0.25) is 0 Å². The highest BCUT2D eigenvalue weighted by molar-refractivity contribution is 5.92. The van der Waals surface area contributed by atoms with Crippen molar-refractivity contribution < 1.29 is 38.4 Å². The predicted octanol–water partition coefficient (Wildman–Crippen LogP) is 3.66. The van der Waals surface area contributed by atoms with Gasteiger partial charge in [0.15, 0.2) is 23.0 Å². The molecule has 1 aliphatic rings. The first-order valence-electron chi connectivity index (χ1n) is 13.5. The van der Waals surface area contributed by atoms with E-state index in [0.717, 1.165) is 11.8 Å². The molecule has 0 spiro atoms. The molecule has 4 rings (SSSR count). The second-order valence-corrected chi connectivity index (χ2v) is 9.13. The third-order valence-corrected chi connectivity index (χ3v) is 6.48. The molecule has 0 saturated carbocycles. The van der Waals surface area contributed by atoms with Gasteiger partial charge in [0.1, 0.15) is 11.3 Å². The summed E-state index contributed by atoms with van der Waals surface area (Å²) in [4.78, 5) is 41.1. The number of carbonyl (C=O) groups excluding carboxylic acids is 2. The molecule has 0 aliphatic carbocycles. The Balaban J connectivity index is 1.56. The van der Waals surface area contributed by atoms with E-state index in [1.54, 1.807) is 25.1 Å². The third-order valence-electron chi connectivity index (χ3n) is 6.48. The van der Waals surface area contributed by atoms with Gasteiger partial charge < -0.3 is 39.1 Å². The number of H-pyrrole nitrogens is 1. The second-order valence-electron chi connectivity index (χ2n) is 9.13. The van der Waals surface area contributed by atoms with Crippen LogP contribution in [0.1, 0.15) is 60.2 Å². The number of pyridine rings is 1. The summed E-state index contributed by atoms with van der Waals surface area (Å²) < 4.78 is 27.2. The molecule has 3 N–H and O–H groups in total. The summed E-state index contributed by atoms with van der Waals surface area (Å²) >= 11 is 0. The minimum absolute atomic E-state index is 0.0463.